The molecule has 199 valence electrons. The number of amidine groups is 1. The van der Waals surface area contributed by atoms with E-state index in [-0.39, 0.29) is 6.09 Å². The number of nitrogens with one attached hydrogen (secondary N) is 1. The fraction of sp³-hybridized carbons (Fsp3) is 0.500. The molecule has 11 heteroatoms. The van der Waals surface area contributed by atoms with Crippen molar-refractivity contribution in [3.63, 3.8) is 0 Å². The number of carbonyl (C=O) groups is 2. The van der Waals surface area contributed by atoms with Gasteiger partial charge in [-0.2, -0.15) is 4.99 Å². The highest BCUT2D eigenvalue weighted by atomic mass is 35.5. The number of rotatable bonds is 6. The molecule has 0 aromatic heterocycles. The van der Waals surface area contributed by atoms with E-state index in [1.165, 1.54) is 0 Å². The summed E-state index contributed by atoms with van der Waals surface area (Å²) in [6.07, 6.45) is 7.93. The molecule has 0 spiro atoms. The van der Waals surface area contributed by atoms with Crippen molar-refractivity contribution in [1.82, 2.24) is 14.8 Å². The number of ether oxygens (including phenoxy) is 1. The molecule has 3 aliphatic heterocycles. The number of nitrogens with two attached hydrogens (primary N) is 1. The number of hydrogen-bond donors (Lipinski definition) is 2. The van der Waals surface area contributed by atoms with Gasteiger partial charge in [0, 0.05) is 13.1 Å². The Balaban J connectivity index is 1.47. The quantitative estimate of drug-likeness (QED) is 0.491. The number of anilines is 1. The Bertz CT molecular complexity index is 1150. The summed E-state index contributed by atoms with van der Waals surface area (Å²) in [5.74, 6) is 0.359. The van der Waals surface area contributed by atoms with Gasteiger partial charge < -0.3 is 15.4 Å². The molecule has 4 rings (SSSR count). The van der Waals surface area contributed by atoms with E-state index in [0.717, 1.165) is 35.6 Å². The third-order valence-corrected chi connectivity index (χ3v) is 7.53. The number of likely N-dealkylation sites (tertiary alicyclic amines) is 1. The van der Waals surface area contributed by atoms with Crippen molar-refractivity contribution in [3.05, 3.63) is 51.9 Å². The van der Waals surface area contributed by atoms with E-state index >= 15 is 0 Å². The van der Waals surface area contributed by atoms with Crippen LogP contribution in [0.2, 0.25) is 5.02 Å². The monoisotopic (exact) mass is 546 g/mol. The van der Waals surface area contributed by atoms with Crippen LogP contribution < -0.4 is 16.1 Å². The summed E-state index contributed by atoms with van der Waals surface area (Å²) in [6, 6.07) is 5.13. The molecule has 1 radical (unpaired) electrons. The van der Waals surface area contributed by atoms with E-state index in [1.807, 2.05) is 69.4 Å². The Labute approximate surface area is 227 Å². The van der Waals surface area contributed by atoms with Gasteiger partial charge in [-0.15, -0.1) is 0 Å². The summed E-state index contributed by atoms with van der Waals surface area (Å²) >= 11 is 8.26. The number of carbonyl (C=O) groups excluding carboxylic acids is 2. The lowest BCUT2D eigenvalue weighted by atomic mass is 9.89. The number of allylic oxidation sites excluding steroid dienone is 1. The molecule has 1 aromatic carbocycles. The van der Waals surface area contributed by atoms with Gasteiger partial charge in [0.1, 0.15) is 11.3 Å². The van der Waals surface area contributed by atoms with Gasteiger partial charge in [0.25, 0.3) is 11.7 Å². The summed E-state index contributed by atoms with van der Waals surface area (Å²) in [5.41, 5.74) is 11.3. The highest BCUT2D eigenvalue weighted by molar-refractivity contribution is 8.02. The van der Waals surface area contributed by atoms with E-state index in [9.17, 15) is 9.59 Å². The lowest BCUT2D eigenvalue weighted by Gasteiger charge is -2.34. The first kappa shape index (κ1) is 27.3. The number of aliphatic imine (C=N–C) groups is 1. The zero-order valence-electron chi connectivity index (χ0n) is 22.0. The van der Waals surface area contributed by atoms with Crippen molar-refractivity contribution in [3.8, 4) is 0 Å². The van der Waals surface area contributed by atoms with Crippen LogP contribution in [0.15, 0.2) is 46.3 Å². The first-order chi connectivity index (χ1) is 17.5. The van der Waals surface area contributed by atoms with Crippen LogP contribution in [0.1, 0.15) is 58.4 Å². The van der Waals surface area contributed by atoms with Gasteiger partial charge in [0.2, 0.25) is 11.1 Å². The average Bonchev–Trinajstić information content (AvgIpc) is 3.27. The highest BCUT2D eigenvalue weighted by Crippen LogP contribution is 2.35. The molecular formula is C26H35ClN6O3S+. The molecule has 1 saturated heterocycles. The normalized spacial score (nSPS) is 20.7. The van der Waals surface area contributed by atoms with Crippen LogP contribution >= 0.6 is 23.4 Å². The molecule has 0 aliphatic carbocycles. The molecule has 0 bridgehead atoms. The summed E-state index contributed by atoms with van der Waals surface area (Å²) in [7, 11) is 0. The lowest BCUT2D eigenvalue weighted by molar-refractivity contribution is -0.120. The molecule has 3 N–H and O–H groups in total. The number of hydrazine groups is 1. The average molecular weight is 547 g/mol. The second-order valence-electron chi connectivity index (χ2n) is 10.3. The van der Waals surface area contributed by atoms with Crippen molar-refractivity contribution < 1.29 is 14.3 Å². The maximum atomic E-state index is 12.5. The first-order valence-corrected chi connectivity index (χ1v) is 14.1. The predicted molar refractivity (Wildman–Crippen MR) is 149 cm³/mol. The third kappa shape index (κ3) is 6.08. The minimum absolute atomic E-state index is 0.265. The Morgan fingerprint density at radius 2 is 2.00 bits per heavy atom. The van der Waals surface area contributed by atoms with Crippen LogP contribution in [-0.4, -0.2) is 58.7 Å². The van der Waals surface area contributed by atoms with E-state index in [1.54, 1.807) is 21.7 Å². The second kappa shape index (κ2) is 11.0. The van der Waals surface area contributed by atoms with Crippen LogP contribution in [0.25, 0.3) is 0 Å². The molecule has 1 unspecified atom stereocenters. The highest BCUT2D eigenvalue weighted by Gasteiger charge is 2.48. The minimum atomic E-state index is -0.788. The number of primary amides is 1. The molecule has 3 heterocycles. The van der Waals surface area contributed by atoms with Crippen molar-refractivity contribution in [2.45, 2.75) is 64.5 Å². The zero-order valence-corrected chi connectivity index (χ0v) is 23.5. The number of piperidine rings is 1. The summed E-state index contributed by atoms with van der Waals surface area (Å²) < 4.78 is 5.50. The first-order valence-electron chi connectivity index (χ1n) is 12.5. The van der Waals surface area contributed by atoms with Gasteiger partial charge in [-0.25, -0.2) is 4.79 Å². The van der Waals surface area contributed by atoms with E-state index in [2.05, 4.69) is 10.4 Å². The van der Waals surface area contributed by atoms with Crippen LogP contribution in [0.5, 0.6) is 0 Å². The number of nitrogens with zero attached hydrogens (tertiary/aromatic N) is 4. The van der Waals surface area contributed by atoms with Crippen molar-refractivity contribution in [2.24, 2.45) is 10.7 Å². The molecule has 37 heavy (non-hydrogen) atoms. The number of fused-ring (bicyclic) bond motifs is 1. The van der Waals surface area contributed by atoms with Crippen molar-refractivity contribution in [2.75, 3.05) is 24.8 Å². The molecular weight excluding hydrogens is 512 g/mol. The predicted octanol–water partition coefficient (Wildman–Crippen LogP) is 4.92. The second-order valence-corrected chi connectivity index (χ2v) is 11.5. The molecule has 0 saturated carbocycles. The molecule has 3 aliphatic rings. The molecule has 1 fully saturated rings. The maximum Gasteiger partial charge on any atom is 0.410 e. The van der Waals surface area contributed by atoms with Crippen LogP contribution in [0.4, 0.5) is 10.5 Å². The third-order valence-electron chi connectivity index (χ3n) is 6.49. The fourth-order valence-electron chi connectivity index (χ4n) is 4.61. The van der Waals surface area contributed by atoms with Crippen LogP contribution in [0, 0.1) is 0 Å². The van der Waals surface area contributed by atoms with Crippen molar-refractivity contribution >= 4 is 46.9 Å². The largest absolute Gasteiger partial charge is 0.444 e. The summed E-state index contributed by atoms with van der Waals surface area (Å²) in [4.78, 5) is 33.2. The Morgan fingerprint density at radius 1 is 1.30 bits per heavy atom. The SMILES string of the molecule is CCC1=C[N+]2C(SC)=CN(Nc3ccc(C4CCN(C(=O)OC(C)(C)C)CC4)cc3Cl)C(C(N)=O)C2=N1. The topological polar surface area (TPSA) is 106 Å². The number of thioether (sulfide) groups is 1. The molecule has 9 nitrogen and oxygen atoms in total. The zero-order chi connectivity index (χ0) is 26.9. The Hall–Kier alpha value is -2.69. The Morgan fingerprint density at radius 3 is 2.57 bits per heavy atom. The number of amides is 2. The van der Waals surface area contributed by atoms with E-state index in [0.29, 0.717) is 35.6 Å². The van der Waals surface area contributed by atoms with Gasteiger partial charge in [0.05, 0.1) is 16.9 Å². The fourth-order valence-corrected chi connectivity index (χ4v) is 5.41. The maximum absolute atomic E-state index is 12.5. The number of hydrogen-bond acceptors (Lipinski definition) is 8. The van der Waals surface area contributed by atoms with Crippen molar-refractivity contribution in [1.29, 1.82) is 0 Å². The molecule has 1 aromatic rings. The van der Waals surface area contributed by atoms with Gasteiger partial charge in [-0.1, -0.05) is 36.4 Å². The van der Waals surface area contributed by atoms with Gasteiger partial charge in [-0.05, 0) is 74.8 Å². The number of halogens is 1. The van der Waals surface area contributed by atoms with Crippen LogP contribution in [-0.2, 0) is 9.53 Å². The molecule has 2 amide bonds. The smallest absolute Gasteiger partial charge is 0.410 e. The standard InChI is InChI=1S/C26H35ClN6O3S/c1-6-18-14-32-21(37-5)15-33(22(23(28)34)24(32)29-18)30-20-8-7-17(13-19(20)27)16-9-11-31(12-10-16)25(35)36-26(2,3)4/h7-8,13-16,22,30H,6,9-12H2,1-5H3,(H2,28,34)/q+1. The lowest BCUT2D eigenvalue weighted by Crippen LogP contribution is -2.57. The Kier molecular flexibility index (Phi) is 8.11. The van der Waals surface area contributed by atoms with Gasteiger partial charge in [-0.3, -0.25) is 15.2 Å². The molecule has 1 atom stereocenters. The summed E-state index contributed by atoms with van der Waals surface area (Å²) in [5, 5.41) is 3.13. The number of benzene rings is 1. The van der Waals surface area contributed by atoms with Gasteiger partial charge >= 0.3 is 6.09 Å². The minimum Gasteiger partial charge on any atom is -0.444 e. The van der Waals surface area contributed by atoms with E-state index < -0.39 is 17.6 Å². The summed E-state index contributed by atoms with van der Waals surface area (Å²) in [6.45, 7) is 8.92. The van der Waals surface area contributed by atoms with Gasteiger partial charge in [0.15, 0.2) is 6.20 Å². The van der Waals surface area contributed by atoms with E-state index in [4.69, 9.17) is 22.1 Å². The van der Waals surface area contributed by atoms with Crippen LogP contribution in [0.3, 0.4) is 0 Å².